The van der Waals surface area contributed by atoms with Crippen LogP contribution in [0.2, 0.25) is 0 Å². The van der Waals surface area contributed by atoms with Crippen LogP contribution in [0.5, 0.6) is 0 Å². The molecule has 0 amide bonds. The molecule has 0 saturated heterocycles. The maximum absolute atomic E-state index is 5.42. The van der Waals surface area contributed by atoms with E-state index in [0.717, 1.165) is 53.5 Å². The fourth-order valence-corrected chi connectivity index (χ4v) is 11.4. The average molecular weight is 574 g/mol. The summed E-state index contributed by atoms with van der Waals surface area (Å²) in [6, 6.07) is 24.5. The Balaban J connectivity index is 1.19. The van der Waals surface area contributed by atoms with E-state index in [-0.39, 0.29) is 0 Å². The van der Waals surface area contributed by atoms with Crippen molar-refractivity contribution in [2.24, 2.45) is 52.3 Å². The van der Waals surface area contributed by atoms with Gasteiger partial charge in [-0.3, -0.25) is 4.98 Å². The minimum atomic E-state index is 0.387. The van der Waals surface area contributed by atoms with Crippen molar-refractivity contribution in [2.45, 2.75) is 105 Å². The van der Waals surface area contributed by atoms with Gasteiger partial charge in [0.2, 0.25) is 0 Å². The van der Waals surface area contributed by atoms with Gasteiger partial charge in [-0.2, -0.15) is 0 Å². The van der Waals surface area contributed by atoms with Crippen LogP contribution in [0, 0.1) is 52.3 Å². The van der Waals surface area contributed by atoms with Crippen LogP contribution in [-0.2, 0) is 12.8 Å². The minimum absolute atomic E-state index is 0.387. The Labute approximate surface area is 262 Å². The van der Waals surface area contributed by atoms with Crippen LogP contribution >= 0.6 is 0 Å². The average Bonchev–Trinajstić information content (AvgIpc) is 3.37. The Morgan fingerprint density at radius 3 is 2.19 bits per heavy atom. The van der Waals surface area contributed by atoms with E-state index in [4.69, 9.17) is 4.98 Å². The predicted octanol–water partition coefficient (Wildman–Crippen LogP) is 11.5. The van der Waals surface area contributed by atoms with E-state index in [1.807, 2.05) is 0 Å². The Morgan fingerprint density at radius 1 is 0.767 bits per heavy atom. The number of pyridine rings is 1. The molecular formula is C42H55N. The Hall–Kier alpha value is -2.41. The fourth-order valence-electron chi connectivity index (χ4n) is 11.4. The van der Waals surface area contributed by atoms with E-state index in [0.29, 0.717) is 10.8 Å². The van der Waals surface area contributed by atoms with Gasteiger partial charge in [0.25, 0.3) is 0 Å². The number of benzene rings is 2. The number of fused-ring (bicyclic) bond motifs is 6. The van der Waals surface area contributed by atoms with Gasteiger partial charge in [-0.15, -0.1) is 0 Å². The summed E-state index contributed by atoms with van der Waals surface area (Å²) in [5.74, 6) is 6.16. The summed E-state index contributed by atoms with van der Waals surface area (Å²) in [5.41, 5.74) is 9.06. The second kappa shape index (κ2) is 11.5. The number of hydrogen-bond donors (Lipinski definition) is 0. The van der Waals surface area contributed by atoms with Crippen molar-refractivity contribution in [3.63, 3.8) is 0 Å². The molecule has 1 heterocycles. The van der Waals surface area contributed by atoms with Crippen molar-refractivity contribution in [1.82, 2.24) is 4.98 Å². The molecule has 3 unspecified atom stereocenters. The number of aromatic nitrogens is 1. The summed E-state index contributed by atoms with van der Waals surface area (Å²) in [6.07, 6.45) is 15.4. The van der Waals surface area contributed by atoms with Crippen LogP contribution in [0.3, 0.4) is 0 Å². The fraction of sp³-hybridized carbons (Fsp3) is 0.595. The van der Waals surface area contributed by atoms with Gasteiger partial charge in [-0.25, -0.2) is 0 Å². The molecule has 4 aliphatic rings. The van der Waals surface area contributed by atoms with E-state index in [9.17, 15) is 0 Å². The molecule has 3 fully saturated rings. The zero-order valence-electron chi connectivity index (χ0n) is 27.6. The highest BCUT2D eigenvalue weighted by atomic mass is 14.7. The van der Waals surface area contributed by atoms with Crippen molar-refractivity contribution < 1.29 is 0 Å². The Bertz CT molecular complexity index is 1410. The summed E-state index contributed by atoms with van der Waals surface area (Å²) in [4.78, 5) is 5.42. The van der Waals surface area contributed by atoms with Crippen LogP contribution < -0.4 is 0 Å². The molecule has 3 aromatic rings. The first kappa shape index (κ1) is 29.3. The molecular weight excluding hydrogens is 518 g/mol. The molecule has 1 heteroatoms. The van der Waals surface area contributed by atoms with Gasteiger partial charge in [0.15, 0.2) is 0 Å². The predicted molar refractivity (Wildman–Crippen MR) is 182 cm³/mol. The normalized spacial score (nSPS) is 33.8. The Kier molecular flexibility index (Phi) is 7.84. The second-order valence-electron chi connectivity index (χ2n) is 16.3. The molecule has 43 heavy (non-hydrogen) atoms. The van der Waals surface area contributed by atoms with Gasteiger partial charge in [-0.1, -0.05) is 115 Å². The molecule has 8 atom stereocenters. The highest BCUT2D eigenvalue weighted by Gasteiger charge is 2.60. The van der Waals surface area contributed by atoms with Crippen LogP contribution in [0.4, 0.5) is 0 Å². The molecule has 3 saturated carbocycles. The van der Waals surface area contributed by atoms with Crippen LogP contribution in [0.1, 0.15) is 104 Å². The molecule has 228 valence electrons. The van der Waals surface area contributed by atoms with E-state index < -0.39 is 0 Å². The highest BCUT2D eigenvalue weighted by Crippen LogP contribution is 2.68. The van der Waals surface area contributed by atoms with Gasteiger partial charge < -0.3 is 0 Å². The lowest BCUT2D eigenvalue weighted by Crippen LogP contribution is -2.54. The van der Waals surface area contributed by atoms with E-state index in [2.05, 4.69) is 101 Å². The first-order valence-electron chi connectivity index (χ1n) is 17.9. The van der Waals surface area contributed by atoms with Crippen LogP contribution in [0.25, 0.3) is 22.4 Å². The third-order valence-corrected chi connectivity index (χ3v) is 13.6. The monoisotopic (exact) mass is 573 g/mol. The lowest BCUT2D eigenvalue weighted by Gasteiger charge is -2.61. The van der Waals surface area contributed by atoms with E-state index in [1.54, 1.807) is 5.56 Å². The van der Waals surface area contributed by atoms with Crippen molar-refractivity contribution in [1.29, 1.82) is 0 Å². The quantitative estimate of drug-likeness (QED) is 0.274. The number of nitrogens with zero attached hydrogens (tertiary/aromatic N) is 1. The third-order valence-electron chi connectivity index (χ3n) is 13.6. The summed E-state index contributed by atoms with van der Waals surface area (Å²) < 4.78 is 0. The molecule has 0 spiro atoms. The smallest absolute Gasteiger partial charge is 0.0711 e. The van der Waals surface area contributed by atoms with Gasteiger partial charge in [0, 0.05) is 11.3 Å². The highest BCUT2D eigenvalue weighted by molar-refractivity contribution is 5.74. The minimum Gasteiger partial charge on any atom is -0.253 e. The molecule has 0 aliphatic heterocycles. The molecule has 1 nitrogen and oxygen atoms in total. The maximum Gasteiger partial charge on any atom is 0.0711 e. The van der Waals surface area contributed by atoms with Gasteiger partial charge >= 0.3 is 0 Å². The summed E-state index contributed by atoms with van der Waals surface area (Å²) in [6.45, 7) is 12.9. The second-order valence-corrected chi connectivity index (χ2v) is 16.3. The zero-order valence-corrected chi connectivity index (χ0v) is 27.6. The molecule has 2 aromatic carbocycles. The lowest BCUT2D eigenvalue weighted by molar-refractivity contribution is -0.103. The largest absolute Gasteiger partial charge is 0.253 e. The molecule has 1 aromatic heterocycles. The van der Waals surface area contributed by atoms with Gasteiger partial charge in [-0.05, 0) is 126 Å². The van der Waals surface area contributed by atoms with E-state index >= 15 is 0 Å². The standard InChI is InChI=1S/C42H55N/c1-28(2)13-12-14-29(3)36-21-22-37-33-20-19-32-25-40-35(27-42(32,5)38(33)23-24-41(36,37)4)34(30-15-8-6-9-16-30)26-39(43-40)31-17-10-7-11-18-31/h6-11,15-18,26,28-29,32-33,36-38H,12-14,19-25,27H2,1-5H3/t29-,32-,33?,36+,37?,38?,41+,42-/m0/s1. The molecule has 4 aliphatic carbocycles. The molecule has 7 rings (SSSR count). The van der Waals surface area contributed by atoms with Crippen molar-refractivity contribution in [3.05, 3.63) is 78.0 Å². The summed E-state index contributed by atoms with van der Waals surface area (Å²) >= 11 is 0. The SMILES string of the molecule is CC(C)CCC[C@H](C)[C@H]1CCC2C3CC[C@H]4Cc5nc(-c6ccccc6)cc(-c6ccccc6)c5C[C@]4(C)C3CC[C@@]21C. The van der Waals surface area contributed by atoms with Crippen molar-refractivity contribution in [2.75, 3.05) is 0 Å². The Morgan fingerprint density at radius 2 is 1.47 bits per heavy atom. The van der Waals surface area contributed by atoms with E-state index in [1.165, 1.54) is 86.6 Å². The topological polar surface area (TPSA) is 12.9 Å². The summed E-state index contributed by atoms with van der Waals surface area (Å²) in [5, 5.41) is 0. The zero-order chi connectivity index (χ0) is 29.8. The lowest BCUT2D eigenvalue weighted by atomic mass is 9.44. The molecule has 0 radical (unpaired) electrons. The molecule has 0 bridgehead atoms. The van der Waals surface area contributed by atoms with Crippen molar-refractivity contribution >= 4 is 0 Å². The first-order chi connectivity index (χ1) is 20.8. The van der Waals surface area contributed by atoms with Gasteiger partial charge in [0.05, 0.1) is 5.69 Å². The maximum atomic E-state index is 5.42. The molecule has 0 N–H and O–H groups in total. The van der Waals surface area contributed by atoms with Crippen LogP contribution in [0.15, 0.2) is 66.7 Å². The van der Waals surface area contributed by atoms with Crippen molar-refractivity contribution in [3.8, 4) is 22.4 Å². The number of rotatable bonds is 7. The summed E-state index contributed by atoms with van der Waals surface area (Å²) in [7, 11) is 0. The van der Waals surface area contributed by atoms with Gasteiger partial charge in [0.1, 0.15) is 0 Å². The van der Waals surface area contributed by atoms with Crippen LogP contribution in [-0.4, -0.2) is 4.98 Å². The third kappa shape index (κ3) is 5.11. The first-order valence-corrected chi connectivity index (χ1v) is 17.9. The number of hydrogen-bond acceptors (Lipinski definition) is 1.